The SMILES string of the molecule is CC.CC1CCN(CC2(C(=O)O)CCCC2)CC1.Cc1c(ONC=O)cccc1OC1CCC(CO)CC1. The molecule has 1 aliphatic heterocycles. The minimum absolute atomic E-state index is 0.186. The molecule has 1 heterocycles. The lowest BCUT2D eigenvalue weighted by Gasteiger charge is -2.36. The Morgan fingerprint density at radius 1 is 1.08 bits per heavy atom. The number of aliphatic carboxylic acids is 1. The van der Waals surface area contributed by atoms with E-state index in [2.05, 4.69) is 17.3 Å². The van der Waals surface area contributed by atoms with Crippen LogP contribution in [0.2, 0.25) is 0 Å². The molecule has 8 heteroatoms. The molecule has 3 N–H and O–H groups in total. The molecule has 1 saturated heterocycles. The number of likely N-dealkylation sites (tertiary alicyclic amines) is 1. The number of piperidine rings is 1. The summed E-state index contributed by atoms with van der Waals surface area (Å²) in [5.74, 6) is 2.04. The van der Waals surface area contributed by atoms with Crippen molar-refractivity contribution in [2.75, 3.05) is 26.2 Å². The summed E-state index contributed by atoms with van der Waals surface area (Å²) in [5.41, 5.74) is 2.64. The van der Waals surface area contributed by atoms with Crippen LogP contribution in [0.4, 0.5) is 0 Å². The molecule has 38 heavy (non-hydrogen) atoms. The predicted molar refractivity (Wildman–Crippen MR) is 149 cm³/mol. The Labute approximate surface area is 229 Å². The van der Waals surface area contributed by atoms with Gasteiger partial charge in [0.2, 0.25) is 6.41 Å². The number of carbonyl (C=O) groups is 2. The first-order chi connectivity index (χ1) is 18.4. The van der Waals surface area contributed by atoms with E-state index in [9.17, 15) is 14.7 Å². The van der Waals surface area contributed by atoms with Crippen molar-refractivity contribution in [3.8, 4) is 11.5 Å². The van der Waals surface area contributed by atoms with E-state index in [1.807, 2.05) is 32.9 Å². The van der Waals surface area contributed by atoms with Crippen molar-refractivity contribution in [2.24, 2.45) is 17.3 Å². The number of aliphatic hydroxyl groups excluding tert-OH is 1. The predicted octanol–water partition coefficient (Wildman–Crippen LogP) is 5.35. The number of amides is 1. The van der Waals surface area contributed by atoms with Crippen LogP contribution in [-0.2, 0) is 9.59 Å². The van der Waals surface area contributed by atoms with E-state index < -0.39 is 11.4 Å². The first kappa shape index (κ1) is 31.9. The van der Waals surface area contributed by atoms with Crippen LogP contribution >= 0.6 is 0 Å². The third-order valence-corrected chi connectivity index (χ3v) is 8.21. The smallest absolute Gasteiger partial charge is 0.310 e. The molecule has 0 spiro atoms. The maximum absolute atomic E-state index is 11.4. The van der Waals surface area contributed by atoms with E-state index in [0.717, 1.165) is 88.2 Å². The third kappa shape index (κ3) is 9.45. The number of nitrogens with one attached hydrogen (secondary N) is 1. The number of ether oxygens (including phenoxy) is 1. The van der Waals surface area contributed by atoms with E-state index in [4.69, 9.17) is 14.7 Å². The molecule has 3 aliphatic rings. The van der Waals surface area contributed by atoms with Gasteiger partial charge in [-0.2, -0.15) is 5.48 Å². The molecule has 8 nitrogen and oxygen atoms in total. The molecule has 3 fully saturated rings. The highest BCUT2D eigenvalue weighted by Crippen LogP contribution is 2.39. The molecule has 0 atom stereocenters. The zero-order valence-electron chi connectivity index (χ0n) is 23.9. The lowest BCUT2D eigenvalue weighted by Crippen LogP contribution is -2.44. The van der Waals surface area contributed by atoms with Crippen molar-refractivity contribution in [2.45, 2.75) is 98.0 Å². The van der Waals surface area contributed by atoms with Crippen LogP contribution in [0.15, 0.2) is 18.2 Å². The van der Waals surface area contributed by atoms with Crippen molar-refractivity contribution in [1.82, 2.24) is 10.4 Å². The van der Waals surface area contributed by atoms with Crippen molar-refractivity contribution in [3.05, 3.63) is 23.8 Å². The van der Waals surface area contributed by atoms with Crippen LogP contribution in [0.3, 0.4) is 0 Å². The van der Waals surface area contributed by atoms with Gasteiger partial charge in [-0.05, 0) is 95.3 Å². The normalized spacial score (nSPS) is 23.2. The summed E-state index contributed by atoms with van der Waals surface area (Å²) >= 11 is 0. The molecule has 0 radical (unpaired) electrons. The van der Waals surface area contributed by atoms with Crippen LogP contribution in [0, 0.1) is 24.2 Å². The minimum Gasteiger partial charge on any atom is -0.490 e. The third-order valence-electron chi connectivity index (χ3n) is 8.21. The number of hydrogen-bond donors (Lipinski definition) is 3. The van der Waals surface area contributed by atoms with Crippen LogP contribution in [0.5, 0.6) is 11.5 Å². The summed E-state index contributed by atoms with van der Waals surface area (Å²) < 4.78 is 6.02. The Hall–Kier alpha value is -2.32. The number of carbonyl (C=O) groups excluding carboxylic acids is 1. The second-order valence-electron chi connectivity index (χ2n) is 10.9. The van der Waals surface area contributed by atoms with Gasteiger partial charge in [0.15, 0.2) is 5.75 Å². The Kier molecular flexibility index (Phi) is 13.9. The van der Waals surface area contributed by atoms with Gasteiger partial charge in [0, 0.05) is 18.7 Å². The highest BCUT2D eigenvalue weighted by Gasteiger charge is 2.42. The summed E-state index contributed by atoms with van der Waals surface area (Å²) in [6, 6.07) is 5.52. The number of hydrogen-bond acceptors (Lipinski definition) is 6. The molecule has 2 saturated carbocycles. The van der Waals surface area contributed by atoms with Gasteiger partial charge in [-0.15, -0.1) is 0 Å². The Morgan fingerprint density at radius 2 is 1.68 bits per heavy atom. The van der Waals surface area contributed by atoms with Crippen LogP contribution < -0.4 is 15.1 Å². The molecule has 0 bridgehead atoms. The lowest BCUT2D eigenvalue weighted by atomic mass is 9.84. The van der Waals surface area contributed by atoms with E-state index >= 15 is 0 Å². The first-order valence-corrected chi connectivity index (χ1v) is 14.6. The number of rotatable bonds is 9. The largest absolute Gasteiger partial charge is 0.490 e. The summed E-state index contributed by atoms with van der Waals surface area (Å²) in [7, 11) is 0. The number of hydroxylamine groups is 1. The summed E-state index contributed by atoms with van der Waals surface area (Å²) in [6.45, 7) is 11.4. The standard InChI is InChI=1S/C15H21NO4.C13H23NO2.C2H6/c1-11-14(3-2-4-15(11)20-16-10-18)19-13-7-5-12(9-17)6-8-13;1-11-4-8-14(9-5-11)10-13(12(15)16)6-2-3-7-13;1-2/h2-4,10,12-13,17H,5-9H2,1H3,(H,16,18);11H,2-10H2,1H3,(H,15,16);1-2H3. The van der Waals surface area contributed by atoms with Crippen molar-refractivity contribution < 1.29 is 29.4 Å². The van der Waals surface area contributed by atoms with Crippen LogP contribution in [0.1, 0.15) is 90.5 Å². The summed E-state index contributed by atoms with van der Waals surface area (Å²) in [5, 5.41) is 18.6. The van der Waals surface area contributed by atoms with Crippen molar-refractivity contribution in [1.29, 1.82) is 0 Å². The number of benzene rings is 1. The molecular weight excluding hydrogens is 484 g/mol. The highest BCUT2D eigenvalue weighted by molar-refractivity contribution is 5.75. The highest BCUT2D eigenvalue weighted by atomic mass is 16.7. The average molecular weight is 535 g/mol. The molecule has 2 aliphatic carbocycles. The monoisotopic (exact) mass is 534 g/mol. The zero-order valence-corrected chi connectivity index (χ0v) is 23.9. The van der Waals surface area contributed by atoms with Crippen LogP contribution in [0.25, 0.3) is 0 Å². The van der Waals surface area contributed by atoms with Gasteiger partial charge in [0.1, 0.15) is 5.75 Å². The Morgan fingerprint density at radius 3 is 2.24 bits per heavy atom. The number of carboxylic acid groups (broad SMARTS) is 1. The van der Waals surface area contributed by atoms with E-state index in [0.29, 0.717) is 18.1 Å². The fourth-order valence-corrected chi connectivity index (χ4v) is 5.67. The number of nitrogens with zero attached hydrogens (tertiary/aromatic N) is 1. The fourth-order valence-electron chi connectivity index (χ4n) is 5.67. The Bertz CT molecular complexity index is 826. The van der Waals surface area contributed by atoms with Crippen molar-refractivity contribution in [3.63, 3.8) is 0 Å². The molecule has 0 aromatic heterocycles. The van der Waals surface area contributed by atoms with Crippen LogP contribution in [-0.4, -0.2) is 59.8 Å². The zero-order chi connectivity index (χ0) is 28.0. The van der Waals surface area contributed by atoms with Crippen molar-refractivity contribution >= 4 is 12.4 Å². The molecule has 1 aromatic carbocycles. The second-order valence-corrected chi connectivity index (χ2v) is 10.9. The number of carboxylic acids is 1. The van der Waals surface area contributed by atoms with Gasteiger partial charge in [-0.25, -0.2) is 0 Å². The lowest BCUT2D eigenvalue weighted by molar-refractivity contribution is -0.150. The fraction of sp³-hybridized carbons (Fsp3) is 0.733. The van der Waals surface area contributed by atoms with Gasteiger partial charge in [0.25, 0.3) is 0 Å². The molecule has 216 valence electrons. The van der Waals surface area contributed by atoms with Gasteiger partial charge < -0.3 is 24.7 Å². The first-order valence-electron chi connectivity index (χ1n) is 14.6. The van der Waals surface area contributed by atoms with E-state index in [-0.39, 0.29) is 12.7 Å². The van der Waals surface area contributed by atoms with Gasteiger partial charge >= 0.3 is 5.97 Å². The van der Waals surface area contributed by atoms with Gasteiger partial charge in [-0.1, -0.05) is 39.7 Å². The van der Waals surface area contributed by atoms with E-state index in [1.54, 1.807) is 6.07 Å². The molecule has 1 aromatic rings. The molecular formula is C30H50N2O6. The topological polar surface area (TPSA) is 108 Å². The quantitative estimate of drug-likeness (QED) is 0.289. The maximum atomic E-state index is 11.4. The van der Waals surface area contributed by atoms with Gasteiger partial charge in [0.05, 0.1) is 11.5 Å². The molecule has 0 unspecified atom stereocenters. The summed E-state index contributed by atoms with van der Waals surface area (Å²) in [6.07, 6.45) is 11.0. The Balaban J connectivity index is 0.000000256. The second kappa shape index (κ2) is 16.6. The molecule has 4 rings (SSSR count). The van der Waals surface area contributed by atoms with E-state index in [1.165, 1.54) is 12.8 Å². The minimum atomic E-state index is -0.566. The maximum Gasteiger partial charge on any atom is 0.310 e. The number of aliphatic hydroxyl groups is 1. The summed E-state index contributed by atoms with van der Waals surface area (Å²) in [4.78, 5) is 29.2. The average Bonchev–Trinajstić information content (AvgIpc) is 3.42. The van der Waals surface area contributed by atoms with Gasteiger partial charge in [-0.3, -0.25) is 9.59 Å². The molecule has 1 amide bonds.